The summed E-state index contributed by atoms with van der Waals surface area (Å²) in [5.74, 6) is 0. The van der Waals surface area contributed by atoms with Crippen LogP contribution in [0.5, 0.6) is 0 Å². The summed E-state index contributed by atoms with van der Waals surface area (Å²) >= 11 is 3.37. The highest BCUT2D eigenvalue weighted by Gasteiger charge is 2.21. The fraction of sp³-hybridized carbons (Fsp3) is 0.0667. The van der Waals surface area contributed by atoms with E-state index >= 15 is 0 Å². The molecule has 20 heavy (non-hydrogen) atoms. The van der Waals surface area contributed by atoms with E-state index in [1.165, 1.54) is 3.97 Å². The van der Waals surface area contributed by atoms with Crippen LogP contribution >= 0.6 is 15.9 Å². The van der Waals surface area contributed by atoms with E-state index in [9.17, 15) is 8.42 Å². The van der Waals surface area contributed by atoms with Crippen molar-refractivity contribution in [3.63, 3.8) is 0 Å². The maximum absolute atomic E-state index is 12.8. The quantitative estimate of drug-likeness (QED) is 0.675. The van der Waals surface area contributed by atoms with Gasteiger partial charge in [-0.25, -0.2) is 12.4 Å². The predicted molar refractivity (Wildman–Crippen MR) is 83.6 cm³/mol. The van der Waals surface area contributed by atoms with E-state index in [0.717, 1.165) is 11.1 Å². The van der Waals surface area contributed by atoms with E-state index in [4.69, 9.17) is 0 Å². The van der Waals surface area contributed by atoms with Crippen LogP contribution in [-0.4, -0.2) is 12.4 Å². The molecule has 1 aromatic heterocycles. The molecule has 0 aliphatic carbocycles. The molecule has 0 N–H and O–H groups in total. The van der Waals surface area contributed by atoms with Gasteiger partial charge in [0.1, 0.15) is 0 Å². The molecule has 0 amide bonds. The summed E-state index contributed by atoms with van der Waals surface area (Å²) in [7, 11) is -3.58. The Labute approximate surface area is 126 Å². The third kappa shape index (κ3) is 2.07. The molecule has 0 spiro atoms. The second-order valence-corrected chi connectivity index (χ2v) is 6.76. The topological polar surface area (TPSA) is 39.1 Å². The minimum absolute atomic E-state index is 0.295. The van der Waals surface area contributed by atoms with Crippen molar-refractivity contribution in [2.45, 2.75) is 10.2 Å². The zero-order valence-electron chi connectivity index (χ0n) is 10.5. The molecule has 0 fully saturated rings. The molecule has 102 valence electrons. The van der Waals surface area contributed by atoms with Gasteiger partial charge in [-0.1, -0.05) is 52.3 Å². The van der Waals surface area contributed by atoms with E-state index in [0.29, 0.717) is 15.7 Å². The van der Waals surface area contributed by atoms with Crippen molar-refractivity contribution < 1.29 is 8.42 Å². The monoisotopic (exact) mass is 349 g/mol. The van der Waals surface area contributed by atoms with Crippen molar-refractivity contribution in [1.82, 2.24) is 3.97 Å². The molecule has 0 aliphatic rings. The average Bonchev–Trinajstić information content (AvgIpc) is 2.87. The number of benzene rings is 2. The Morgan fingerprint density at radius 3 is 2.30 bits per heavy atom. The summed E-state index contributed by atoms with van der Waals surface area (Å²) in [6.07, 6.45) is 0. The fourth-order valence-corrected chi connectivity index (χ4v) is 4.40. The predicted octanol–water partition coefficient (Wildman–Crippen LogP) is 3.77. The number of alkyl halides is 1. The van der Waals surface area contributed by atoms with E-state index in [1.807, 2.05) is 30.3 Å². The number of halogens is 1. The molecule has 0 saturated carbocycles. The van der Waals surface area contributed by atoms with E-state index < -0.39 is 10.0 Å². The van der Waals surface area contributed by atoms with Crippen LogP contribution in [0.25, 0.3) is 10.9 Å². The van der Waals surface area contributed by atoms with Crippen LogP contribution in [0.1, 0.15) is 5.69 Å². The lowest BCUT2D eigenvalue weighted by molar-refractivity contribution is 0.588. The number of rotatable bonds is 3. The highest BCUT2D eigenvalue weighted by molar-refractivity contribution is 9.08. The second-order valence-electron chi connectivity index (χ2n) is 4.41. The zero-order valence-corrected chi connectivity index (χ0v) is 12.9. The van der Waals surface area contributed by atoms with Crippen molar-refractivity contribution in [2.24, 2.45) is 0 Å². The minimum atomic E-state index is -3.58. The molecule has 0 unspecified atom stereocenters. The summed E-state index contributed by atoms with van der Waals surface area (Å²) in [6, 6.07) is 17.9. The second kappa shape index (κ2) is 5.07. The number of fused-ring (bicyclic) bond motifs is 1. The summed E-state index contributed by atoms with van der Waals surface area (Å²) in [4.78, 5) is 0.295. The van der Waals surface area contributed by atoms with Crippen LogP contribution in [0, 0.1) is 0 Å². The van der Waals surface area contributed by atoms with Crippen LogP contribution < -0.4 is 0 Å². The maximum Gasteiger partial charge on any atom is 0.268 e. The third-order valence-electron chi connectivity index (χ3n) is 3.16. The first kappa shape index (κ1) is 13.4. The van der Waals surface area contributed by atoms with Crippen molar-refractivity contribution in [2.75, 3.05) is 0 Å². The highest BCUT2D eigenvalue weighted by Crippen LogP contribution is 2.26. The molecule has 3 rings (SSSR count). The number of nitrogens with zero attached hydrogens (tertiary/aromatic N) is 1. The SMILES string of the molecule is O=S(=O)(c1ccccc1)n1c(CBr)cc2ccccc21. The largest absolute Gasteiger partial charge is 0.268 e. The van der Waals surface area contributed by atoms with Crippen LogP contribution in [0.4, 0.5) is 0 Å². The molecule has 3 nitrogen and oxygen atoms in total. The first-order valence-electron chi connectivity index (χ1n) is 6.10. The number of hydrogen-bond acceptors (Lipinski definition) is 2. The molecular weight excluding hydrogens is 338 g/mol. The van der Waals surface area contributed by atoms with E-state index in [2.05, 4.69) is 15.9 Å². The lowest BCUT2D eigenvalue weighted by Crippen LogP contribution is -2.14. The first-order valence-corrected chi connectivity index (χ1v) is 8.66. The van der Waals surface area contributed by atoms with Gasteiger partial charge in [0.05, 0.1) is 10.4 Å². The molecule has 1 heterocycles. The number of aromatic nitrogens is 1. The Balaban J connectivity index is 2.34. The molecule has 3 aromatic rings. The summed E-state index contributed by atoms with van der Waals surface area (Å²) < 4.78 is 27.1. The molecule has 0 aliphatic heterocycles. The Morgan fingerprint density at radius 1 is 0.950 bits per heavy atom. The van der Waals surface area contributed by atoms with Crippen molar-refractivity contribution in [3.8, 4) is 0 Å². The molecule has 0 radical (unpaired) electrons. The standard InChI is InChI=1S/C15H12BrNO2S/c16-11-13-10-12-6-4-5-9-15(12)17(13)20(18,19)14-7-2-1-3-8-14/h1-10H,11H2. The maximum atomic E-state index is 12.8. The minimum Gasteiger partial charge on any atom is -0.237 e. The Hall–Kier alpha value is -1.59. The molecule has 0 bridgehead atoms. The smallest absolute Gasteiger partial charge is 0.237 e. The van der Waals surface area contributed by atoms with E-state index in [1.54, 1.807) is 30.3 Å². The normalized spacial score (nSPS) is 11.8. The lowest BCUT2D eigenvalue weighted by atomic mass is 10.2. The van der Waals surface area contributed by atoms with Gasteiger partial charge in [-0.15, -0.1) is 0 Å². The summed E-state index contributed by atoms with van der Waals surface area (Å²) in [6.45, 7) is 0. The molecule has 5 heteroatoms. The van der Waals surface area contributed by atoms with Crippen LogP contribution in [-0.2, 0) is 15.4 Å². The summed E-state index contributed by atoms with van der Waals surface area (Å²) in [5.41, 5.74) is 1.42. The average molecular weight is 350 g/mol. The first-order chi connectivity index (χ1) is 9.64. The van der Waals surface area contributed by atoms with Gasteiger partial charge >= 0.3 is 0 Å². The lowest BCUT2D eigenvalue weighted by Gasteiger charge is -2.10. The Kier molecular flexibility index (Phi) is 3.40. The van der Waals surface area contributed by atoms with E-state index in [-0.39, 0.29) is 0 Å². The van der Waals surface area contributed by atoms with Crippen molar-refractivity contribution in [1.29, 1.82) is 0 Å². The van der Waals surface area contributed by atoms with Crippen LogP contribution in [0.3, 0.4) is 0 Å². The van der Waals surface area contributed by atoms with Crippen molar-refractivity contribution in [3.05, 3.63) is 66.4 Å². The van der Waals surface area contributed by atoms with Gasteiger partial charge in [0.25, 0.3) is 10.0 Å². The van der Waals surface area contributed by atoms with Gasteiger partial charge in [-0.05, 0) is 24.3 Å². The summed E-state index contributed by atoms with van der Waals surface area (Å²) in [5, 5.41) is 1.40. The van der Waals surface area contributed by atoms with Gasteiger partial charge in [-0.3, -0.25) is 0 Å². The van der Waals surface area contributed by atoms with Crippen LogP contribution in [0.2, 0.25) is 0 Å². The molecule has 0 saturated heterocycles. The van der Waals surface area contributed by atoms with Gasteiger partial charge < -0.3 is 0 Å². The van der Waals surface area contributed by atoms with Crippen LogP contribution in [0.15, 0.2) is 65.6 Å². The Morgan fingerprint density at radius 2 is 1.60 bits per heavy atom. The highest BCUT2D eigenvalue weighted by atomic mass is 79.9. The number of hydrogen-bond donors (Lipinski definition) is 0. The third-order valence-corrected chi connectivity index (χ3v) is 5.51. The van der Waals surface area contributed by atoms with Gasteiger partial charge in [0.15, 0.2) is 0 Å². The van der Waals surface area contributed by atoms with Gasteiger partial charge in [0, 0.05) is 16.4 Å². The van der Waals surface area contributed by atoms with Gasteiger partial charge in [-0.2, -0.15) is 0 Å². The molecular formula is C15H12BrNO2S. The van der Waals surface area contributed by atoms with Crippen molar-refractivity contribution >= 4 is 36.9 Å². The number of para-hydroxylation sites is 1. The zero-order chi connectivity index (χ0) is 14.2. The van der Waals surface area contributed by atoms with Gasteiger partial charge in [0.2, 0.25) is 0 Å². The Bertz CT molecular complexity index is 854. The molecule has 0 atom stereocenters. The fourth-order valence-electron chi connectivity index (χ4n) is 2.26. The molecule has 2 aromatic carbocycles.